The zero-order valence-corrected chi connectivity index (χ0v) is 10.8. The highest BCUT2D eigenvalue weighted by Crippen LogP contribution is 2.10. The molecule has 0 aromatic carbocycles. The molecule has 7 heteroatoms. The first-order chi connectivity index (χ1) is 9.15. The summed E-state index contributed by atoms with van der Waals surface area (Å²) in [4.78, 5) is 19.0. The summed E-state index contributed by atoms with van der Waals surface area (Å²) in [7, 11) is 0. The lowest BCUT2D eigenvalue weighted by atomic mass is 10.3. The van der Waals surface area contributed by atoms with Gasteiger partial charge in [0.05, 0.1) is 31.7 Å². The Kier molecular flexibility index (Phi) is 4.64. The van der Waals surface area contributed by atoms with Crippen molar-refractivity contribution in [1.29, 1.82) is 0 Å². The van der Waals surface area contributed by atoms with Crippen molar-refractivity contribution in [3.05, 3.63) is 18.1 Å². The molecule has 1 aliphatic heterocycles. The number of nitrogens with two attached hydrogens (primary N) is 1. The molecule has 1 saturated heterocycles. The van der Waals surface area contributed by atoms with Crippen LogP contribution in [0.25, 0.3) is 0 Å². The van der Waals surface area contributed by atoms with Crippen molar-refractivity contribution in [2.24, 2.45) is 5.73 Å². The monoisotopic (exact) mass is 266 g/mol. The number of ether oxygens (including phenoxy) is 2. The maximum atomic E-state index is 11.0. The molecular formula is C12H18N4O3. The first-order valence-electron chi connectivity index (χ1n) is 6.23. The molecule has 7 nitrogen and oxygen atoms in total. The van der Waals surface area contributed by atoms with E-state index < -0.39 is 5.91 Å². The Morgan fingerprint density at radius 2 is 2.53 bits per heavy atom. The molecular weight excluding hydrogens is 248 g/mol. The van der Waals surface area contributed by atoms with E-state index in [0.29, 0.717) is 19.0 Å². The SMILES string of the molecule is CC(COC1CCOC1)Nc1cncc(C(N)=O)n1. The minimum atomic E-state index is -0.594. The van der Waals surface area contributed by atoms with E-state index in [2.05, 4.69) is 15.3 Å². The van der Waals surface area contributed by atoms with E-state index in [1.807, 2.05) is 6.92 Å². The van der Waals surface area contributed by atoms with Gasteiger partial charge in [-0.25, -0.2) is 4.98 Å². The van der Waals surface area contributed by atoms with E-state index in [9.17, 15) is 4.79 Å². The van der Waals surface area contributed by atoms with Crippen molar-refractivity contribution in [2.75, 3.05) is 25.1 Å². The molecule has 3 N–H and O–H groups in total. The number of carbonyl (C=O) groups excluding carboxylic acids is 1. The lowest BCUT2D eigenvalue weighted by Crippen LogP contribution is -2.26. The fourth-order valence-corrected chi connectivity index (χ4v) is 1.77. The van der Waals surface area contributed by atoms with Gasteiger partial charge in [-0.2, -0.15) is 0 Å². The molecule has 2 rings (SSSR count). The molecule has 2 unspecified atom stereocenters. The number of nitrogens with zero attached hydrogens (tertiary/aromatic N) is 2. The third kappa shape index (κ3) is 4.15. The molecule has 0 radical (unpaired) electrons. The minimum Gasteiger partial charge on any atom is -0.379 e. The number of rotatable bonds is 6. The third-order valence-electron chi connectivity index (χ3n) is 2.75. The minimum absolute atomic E-state index is 0.0537. The topological polar surface area (TPSA) is 99.4 Å². The van der Waals surface area contributed by atoms with Gasteiger partial charge in [-0.15, -0.1) is 0 Å². The number of carbonyl (C=O) groups is 1. The van der Waals surface area contributed by atoms with E-state index in [-0.39, 0.29) is 17.8 Å². The molecule has 1 aliphatic rings. The van der Waals surface area contributed by atoms with Gasteiger partial charge in [0, 0.05) is 12.6 Å². The molecule has 0 saturated carbocycles. The van der Waals surface area contributed by atoms with Crippen molar-refractivity contribution in [3.8, 4) is 0 Å². The molecule has 2 heterocycles. The van der Waals surface area contributed by atoms with Crippen molar-refractivity contribution >= 4 is 11.7 Å². The average Bonchev–Trinajstić information content (AvgIpc) is 2.90. The molecule has 1 aromatic heterocycles. The highest BCUT2D eigenvalue weighted by molar-refractivity contribution is 5.90. The Bertz CT molecular complexity index is 435. The van der Waals surface area contributed by atoms with Crippen molar-refractivity contribution in [3.63, 3.8) is 0 Å². The summed E-state index contributed by atoms with van der Waals surface area (Å²) in [5.41, 5.74) is 5.29. The number of nitrogens with one attached hydrogen (secondary N) is 1. The highest BCUT2D eigenvalue weighted by atomic mass is 16.5. The van der Waals surface area contributed by atoms with Crippen LogP contribution in [0.3, 0.4) is 0 Å². The summed E-state index contributed by atoms with van der Waals surface area (Å²) in [5.74, 6) is -0.0850. The Hall–Kier alpha value is -1.73. The van der Waals surface area contributed by atoms with Crippen LogP contribution < -0.4 is 11.1 Å². The number of primary amides is 1. The fraction of sp³-hybridized carbons (Fsp3) is 0.583. The van der Waals surface area contributed by atoms with Crippen LogP contribution in [0.5, 0.6) is 0 Å². The smallest absolute Gasteiger partial charge is 0.268 e. The lowest BCUT2D eigenvalue weighted by Gasteiger charge is -2.17. The van der Waals surface area contributed by atoms with Crippen molar-refractivity contribution < 1.29 is 14.3 Å². The first-order valence-corrected chi connectivity index (χ1v) is 6.23. The Balaban J connectivity index is 1.82. The van der Waals surface area contributed by atoms with Crippen molar-refractivity contribution in [1.82, 2.24) is 9.97 Å². The number of hydrogen-bond acceptors (Lipinski definition) is 6. The van der Waals surface area contributed by atoms with Gasteiger partial charge in [-0.1, -0.05) is 0 Å². The van der Waals surface area contributed by atoms with Crippen LogP contribution in [-0.2, 0) is 9.47 Å². The average molecular weight is 266 g/mol. The van der Waals surface area contributed by atoms with Crippen LogP contribution in [0.1, 0.15) is 23.8 Å². The summed E-state index contributed by atoms with van der Waals surface area (Å²) >= 11 is 0. The molecule has 0 bridgehead atoms. The van der Waals surface area contributed by atoms with Crippen LogP contribution >= 0.6 is 0 Å². The van der Waals surface area contributed by atoms with Gasteiger partial charge in [-0.05, 0) is 13.3 Å². The summed E-state index contributed by atoms with van der Waals surface area (Å²) < 4.78 is 10.9. The molecule has 0 spiro atoms. The third-order valence-corrected chi connectivity index (χ3v) is 2.75. The van der Waals surface area contributed by atoms with Gasteiger partial charge < -0.3 is 20.5 Å². The van der Waals surface area contributed by atoms with Gasteiger partial charge in [0.15, 0.2) is 0 Å². The number of aromatic nitrogens is 2. The lowest BCUT2D eigenvalue weighted by molar-refractivity contribution is 0.0395. The molecule has 0 aliphatic carbocycles. The fourth-order valence-electron chi connectivity index (χ4n) is 1.77. The zero-order valence-electron chi connectivity index (χ0n) is 10.8. The summed E-state index contributed by atoms with van der Waals surface area (Å²) in [6.07, 6.45) is 3.99. The Labute approximate surface area is 111 Å². The molecule has 1 amide bonds. The van der Waals surface area contributed by atoms with Crippen molar-refractivity contribution in [2.45, 2.75) is 25.5 Å². The van der Waals surface area contributed by atoms with Gasteiger partial charge in [0.2, 0.25) is 0 Å². The maximum absolute atomic E-state index is 11.0. The Morgan fingerprint density at radius 1 is 1.68 bits per heavy atom. The normalized spacial score (nSPS) is 20.2. The molecule has 19 heavy (non-hydrogen) atoms. The van der Waals surface area contributed by atoms with Crippen LogP contribution in [0.15, 0.2) is 12.4 Å². The van der Waals surface area contributed by atoms with E-state index >= 15 is 0 Å². The maximum Gasteiger partial charge on any atom is 0.268 e. The summed E-state index contributed by atoms with van der Waals surface area (Å²) in [6, 6.07) is 0.0537. The quantitative estimate of drug-likeness (QED) is 0.762. The Morgan fingerprint density at radius 3 is 3.21 bits per heavy atom. The zero-order chi connectivity index (χ0) is 13.7. The largest absolute Gasteiger partial charge is 0.379 e. The molecule has 104 valence electrons. The van der Waals surface area contributed by atoms with Crippen LogP contribution in [0.4, 0.5) is 5.82 Å². The molecule has 2 atom stereocenters. The van der Waals surface area contributed by atoms with Gasteiger partial charge in [0.25, 0.3) is 5.91 Å². The second-order valence-electron chi connectivity index (χ2n) is 4.52. The second-order valence-corrected chi connectivity index (χ2v) is 4.52. The van der Waals surface area contributed by atoms with Crippen LogP contribution in [0.2, 0.25) is 0 Å². The standard InChI is InChI=1S/C12H18N4O3/c1-8(6-19-9-2-3-18-7-9)15-11-5-14-4-10(16-11)12(13)17/h4-5,8-9H,2-3,6-7H2,1H3,(H2,13,17)(H,15,16). The number of anilines is 1. The number of amides is 1. The predicted molar refractivity (Wildman–Crippen MR) is 68.8 cm³/mol. The first kappa shape index (κ1) is 13.7. The number of hydrogen-bond donors (Lipinski definition) is 2. The molecule has 1 fully saturated rings. The van der Waals surface area contributed by atoms with Crippen LogP contribution in [0, 0.1) is 0 Å². The van der Waals surface area contributed by atoms with E-state index in [4.69, 9.17) is 15.2 Å². The van der Waals surface area contributed by atoms with E-state index in [1.165, 1.54) is 6.20 Å². The van der Waals surface area contributed by atoms with E-state index in [0.717, 1.165) is 13.0 Å². The summed E-state index contributed by atoms with van der Waals surface area (Å²) in [5, 5.41) is 3.11. The molecule has 1 aromatic rings. The van der Waals surface area contributed by atoms with E-state index in [1.54, 1.807) is 6.20 Å². The van der Waals surface area contributed by atoms with Crippen LogP contribution in [-0.4, -0.2) is 47.8 Å². The predicted octanol–water partition coefficient (Wildman–Crippen LogP) is 0.181. The van der Waals surface area contributed by atoms with Gasteiger partial charge in [0.1, 0.15) is 11.5 Å². The highest BCUT2D eigenvalue weighted by Gasteiger charge is 2.17. The second kappa shape index (κ2) is 6.44. The van der Waals surface area contributed by atoms with Gasteiger partial charge >= 0.3 is 0 Å². The summed E-state index contributed by atoms with van der Waals surface area (Å²) in [6.45, 7) is 3.92. The van der Waals surface area contributed by atoms with Gasteiger partial charge in [-0.3, -0.25) is 9.78 Å².